The van der Waals surface area contributed by atoms with Gasteiger partial charge >= 0.3 is 6.09 Å². The second kappa shape index (κ2) is 7.56. The van der Waals surface area contributed by atoms with Crippen molar-refractivity contribution in [3.05, 3.63) is 11.7 Å². The second-order valence-corrected chi connectivity index (χ2v) is 6.20. The second-order valence-electron chi connectivity index (χ2n) is 6.20. The van der Waals surface area contributed by atoms with Crippen molar-refractivity contribution in [2.75, 3.05) is 13.7 Å². The van der Waals surface area contributed by atoms with Crippen LogP contribution in [0.1, 0.15) is 34.1 Å². The quantitative estimate of drug-likeness (QED) is 0.867. The van der Waals surface area contributed by atoms with Crippen molar-refractivity contribution < 1.29 is 23.1 Å². The van der Waals surface area contributed by atoms with Gasteiger partial charge in [0.2, 0.25) is 5.91 Å². The summed E-state index contributed by atoms with van der Waals surface area (Å²) in [6, 6.07) is -1.08. The predicted octanol–water partition coefficient (Wildman–Crippen LogP) is 2.77. The molecule has 0 unspecified atom stereocenters. The molecule has 1 saturated heterocycles. The molecule has 5 nitrogen and oxygen atoms in total. The minimum atomic E-state index is -1.72. The zero-order valence-electron chi connectivity index (χ0n) is 13.7. The summed E-state index contributed by atoms with van der Waals surface area (Å²) >= 11 is 0. The lowest BCUT2D eigenvalue weighted by Gasteiger charge is -2.32. The van der Waals surface area contributed by atoms with E-state index < -0.39 is 18.2 Å². The summed E-state index contributed by atoms with van der Waals surface area (Å²) in [4.78, 5) is 25.6. The van der Waals surface area contributed by atoms with Gasteiger partial charge in [-0.2, -0.15) is 8.78 Å². The molecule has 126 valence electrons. The normalized spacial score (nSPS) is 19.6. The Morgan fingerprint density at radius 2 is 1.86 bits per heavy atom. The number of nitrogens with zero attached hydrogens (tertiary/aromatic N) is 1. The molecule has 0 bridgehead atoms. The number of nitrogens with one attached hydrogen (secondary N) is 1. The number of carbonyl (C=O) groups excluding carboxylic acids is 2. The molecule has 0 saturated carbocycles. The maximum atomic E-state index is 12.9. The Morgan fingerprint density at radius 3 is 2.27 bits per heavy atom. The third-order valence-electron chi connectivity index (χ3n) is 3.93. The first-order chi connectivity index (χ1) is 10.2. The van der Waals surface area contributed by atoms with E-state index >= 15 is 0 Å². The molecule has 0 aromatic rings. The Labute approximate surface area is 129 Å². The molecule has 0 aliphatic carbocycles. The Balaban J connectivity index is 3.00. The van der Waals surface area contributed by atoms with Crippen LogP contribution >= 0.6 is 0 Å². The number of amides is 2. The molecule has 1 aliphatic rings. The smallest absolute Gasteiger partial charge is 0.407 e. The molecule has 1 N–H and O–H groups in total. The average Bonchev–Trinajstić information content (AvgIpc) is 2.88. The van der Waals surface area contributed by atoms with E-state index in [1.807, 2.05) is 13.8 Å². The minimum Gasteiger partial charge on any atom is -0.453 e. The number of alkyl carbamates (subject to hydrolysis) is 1. The number of rotatable bonds is 4. The lowest BCUT2D eigenvalue weighted by molar-refractivity contribution is -0.135. The molecule has 1 rings (SSSR count). The number of likely N-dealkylation sites (tertiary alicyclic amines) is 1. The lowest BCUT2D eigenvalue weighted by Crippen LogP contribution is -2.53. The summed E-state index contributed by atoms with van der Waals surface area (Å²) in [5, 5.41) is 2.49. The van der Waals surface area contributed by atoms with Crippen LogP contribution < -0.4 is 5.32 Å². The first kappa shape index (κ1) is 18.4. The molecular formula is C15H24F2N2O3. The Bertz CT molecular complexity index is 460. The van der Waals surface area contributed by atoms with E-state index in [0.29, 0.717) is 0 Å². The van der Waals surface area contributed by atoms with E-state index in [2.05, 4.69) is 10.1 Å². The van der Waals surface area contributed by atoms with Crippen LogP contribution in [0.25, 0.3) is 0 Å². The van der Waals surface area contributed by atoms with Crippen molar-refractivity contribution in [1.29, 1.82) is 0 Å². The van der Waals surface area contributed by atoms with Gasteiger partial charge in [0.05, 0.1) is 7.11 Å². The molecule has 0 aromatic carbocycles. The van der Waals surface area contributed by atoms with Crippen LogP contribution in [0.5, 0.6) is 0 Å². The summed E-state index contributed by atoms with van der Waals surface area (Å²) in [5.41, 5.74) is -0.00683. The minimum absolute atomic E-state index is 0.00683. The maximum Gasteiger partial charge on any atom is 0.407 e. The third-order valence-corrected chi connectivity index (χ3v) is 3.93. The van der Waals surface area contributed by atoms with Gasteiger partial charge in [-0.1, -0.05) is 27.7 Å². The van der Waals surface area contributed by atoms with E-state index in [-0.39, 0.29) is 42.3 Å². The Hall–Kier alpha value is -1.66. The van der Waals surface area contributed by atoms with Crippen LogP contribution in [0.15, 0.2) is 11.7 Å². The highest BCUT2D eigenvalue weighted by Crippen LogP contribution is 2.31. The third kappa shape index (κ3) is 4.18. The molecule has 1 heterocycles. The van der Waals surface area contributed by atoms with Crippen molar-refractivity contribution in [1.82, 2.24) is 10.2 Å². The number of hydrogen-bond acceptors (Lipinski definition) is 3. The van der Waals surface area contributed by atoms with E-state index in [4.69, 9.17) is 0 Å². The van der Waals surface area contributed by atoms with Crippen molar-refractivity contribution in [3.8, 4) is 0 Å². The molecular weight excluding hydrogens is 294 g/mol. The van der Waals surface area contributed by atoms with Gasteiger partial charge in [-0.05, 0) is 18.3 Å². The van der Waals surface area contributed by atoms with Gasteiger partial charge < -0.3 is 15.0 Å². The Morgan fingerprint density at radius 1 is 1.27 bits per heavy atom. The van der Waals surface area contributed by atoms with Crippen LogP contribution in [0.3, 0.4) is 0 Å². The number of ether oxygens (including phenoxy) is 1. The monoisotopic (exact) mass is 318 g/mol. The summed E-state index contributed by atoms with van der Waals surface area (Å²) < 4.78 is 30.3. The van der Waals surface area contributed by atoms with Crippen molar-refractivity contribution in [2.24, 2.45) is 11.8 Å². The molecule has 0 aromatic heterocycles. The molecule has 0 radical (unpaired) electrons. The van der Waals surface area contributed by atoms with Crippen molar-refractivity contribution in [2.45, 2.75) is 46.2 Å². The topological polar surface area (TPSA) is 58.6 Å². The SMILES string of the molecule is COC(=O)N[C@H](C(=O)N1CC(=C(F)F)C[C@H]1C(C)C)C(C)C. The predicted molar refractivity (Wildman–Crippen MR) is 78.4 cm³/mol. The highest BCUT2D eigenvalue weighted by atomic mass is 19.3. The fraction of sp³-hybridized carbons (Fsp3) is 0.733. The van der Waals surface area contributed by atoms with E-state index in [9.17, 15) is 18.4 Å². The fourth-order valence-electron chi connectivity index (χ4n) is 2.60. The van der Waals surface area contributed by atoms with Gasteiger partial charge in [-0.15, -0.1) is 0 Å². The van der Waals surface area contributed by atoms with Gasteiger partial charge in [0.25, 0.3) is 6.08 Å². The van der Waals surface area contributed by atoms with E-state index in [1.54, 1.807) is 13.8 Å². The molecule has 22 heavy (non-hydrogen) atoms. The number of methoxy groups -OCH3 is 1. The average molecular weight is 318 g/mol. The van der Waals surface area contributed by atoms with Crippen LogP contribution in [0, 0.1) is 11.8 Å². The molecule has 1 fully saturated rings. The first-order valence-electron chi connectivity index (χ1n) is 7.37. The summed E-state index contributed by atoms with van der Waals surface area (Å²) in [5.74, 6) is -0.482. The number of halogens is 2. The van der Waals surface area contributed by atoms with Crippen LogP contribution in [-0.4, -0.2) is 42.6 Å². The van der Waals surface area contributed by atoms with Crippen LogP contribution in [-0.2, 0) is 9.53 Å². The largest absolute Gasteiger partial charge is 0.453 e. The van der Waals surface area contributed by atoms with Gasteiger partial charge in [0, 0.05) is 18.2 Å². The van der Waals surface area contributed by atoms with Crippen LogP contribution in [0.2, 0.25) is 0 Å². The molecule has 2 atom stereocenters. The van der Waals surface area contributed by atoms with Crippen molar-refractivity contribution >= 4 is 12.0 Å². The zero-order valence-corrected chi connectivity index (χ0v) is 13.7. The number of hydrogen-bond donors (Lipinski definition) is 1. The fourth-order valence-corrected chi connectivity index (χ4v) is 2.60. The summed E-state index contributed by atoms with van der Waals surface area (Å²) in [7, 11) is 1.21. The first-order valence-corrected chi connectivity index (χ1v) is 7.37. The summed E-state index contributed by atoms with van der Waals surface area (Å²) in [6.45, 7) is 7.26. The van der Waals surface area contributed by atoms with Crippen LogP contribution in [0.4, 0.5) is 13.6 Å². The van der Waals surface area contributed by atoms with E-state index in [1.165, 1.54) is 12.0 Å². The lowest BCUT2D eigenvalue weighted by atomic mass is 9.98. The summed E-state index contributed by atoms with van der Waals surface area (Å²) in [6.07, 6.45) is -2.25. The number of carbonyl (C=O) groups is 2. The molecule has 1 aliphatic heterocycles. The van der Waals surface area contributed by atoms with Gasteiger partial charge in [-0.25, -0.2) is 4.79 Å². The van der Waals surface area contributed by atoms with Gasteiger partial charge in [0.1, 0.15) is 6.04 Å². The standard InChI is InChI=1S/C15H24F2N2O3/c1-8(2)11-6-10(13(16)17)7-19(11)14(20)12(9(3)4)18-15(21)22-5/h8-9,11-12H,6-7H2,1-5H3,(H,18,21)/t11-,12-/m0/s1. The molecule has 0 spiro atoms. The Kier molecular flexibility index (Phi) is 6.32. The van der Waals surface area contributed by atoms with E-state index in [0.717, 1.165) is 0 Å². The highest BCUT2D eigenvalue weighted by Gasteiger charge is 2.39. The molecule has 7 heteroatoms. The van der Waals surface area contributed by atoms with Gasteiger partial charge in [-0.3, -0.25) is 4.79 Å². The maximum absolute atomic E-state index is 12.9. The highest BCUT2D eigenvalue weighted by molar-refractivity contribution is 5.86. The van der Waals surface area contributed by atoms with Crippen molar-refractivity contribution in [3.63, 3.8) is 0 Å². The zero-order chi connectivity index (χ0) is 17.0. The van der Waals surface area contributed by atoms with Gasteiger partial charge in [0.15, 0.2) is 0 Å². The molecule has 2 amide bonds.